The molecule has 2 N–H and O–H groups in total. The molecule has 0 bridgehead atoms. The molecule has 0 saturated carbocycles. The van der Waals surface area contributed by atoms with Crippen molar-refractivity contribution in [3.05, 3.63) is 54.6 Å². The van der Waals surface area contributed by atoms with Crippen molar-refractivity contribution in [1.29, 1.82) is 0 Å². The highest BCUT2D eigenvalue weighted by atomic mass is 19.1. The Hall–Kier alpha value is -2.96. The Labute approximate surface area is 132 Å². The predicted molar refractivity (Wildman–Crippen MR) is 83.5 cm³/mol. The second kappa shape index (κ2) is 6.43. The number of carbonyl (C=O) groups is 2. The van der Waals surface area contributed by atoms with E-state index in [1.165, 1.54) is 17.2 Å². The first-order valence-corrected chi connectivity index (χ1v) is 7.18. The van der Waals surface area contributed by atoms with Crippen LogP contribution in [0.1, 0.15) is 6.42 Å². The Kier molecular flexibility index (Phi) is 4.18. The highest BCUT2D eigenvalue weighted by Crippen LogP contribution is 2.24. The predicted octanol–water partition coefficient (Wildman–Crippen LogP) is 2.15. The van der Waals surface area contributed by atoms with Gasteiger partial charge in [-0.3, -0.25) is 9.78 Å². The number of benzene rings is 1. The van der Waals surface area contributed by atoms with E-state index < -0.39 is 17.9 Å². The van der Waals surface area contributed by atoms with Gasteiger partial charge in [0.1, 0.15) is 11.9 Å². The Morgan fingerprint density at radius 3 is 2.83 bits per heavy atom. The maximum atomic E-state index is 13.8. The minimum absolute atomic E-state index is 0.231. The molecule has 0 radical (unpaired) electrons. The van der Waals surface area contributed by atoms with Crippen LogP contribution in [0.4, 0.5) is 20.6 Å². The van der Waals surface area contributed by atoms with Crippen LogP contribution in [0.3, 0.4) is 0 Å². The highest BCUT2D eigenvalue weighted by Gasteiger charge is 2.34. The van der Waals surface area contributed by atoms with Gasteiger partial charge in [0.25, 0.3) is 0 Å². The molecule has 0 unspecified atom stereocenters. The number of urea groups is 1. The monoisotopic (exact) mass is 314 g/mol. The lowest BCUT2D eigenvalue weighted by Gasteiger charge is -2.18. The van der Waals surface area contributed by atoms with Crippen molar-refractivity contribution < 1.29 is 14.0 Å². The molecule has 1 aliphatic heterocycles. The molecule has 1 aromatic carbocycles. The Morgan fingerprint density at radius 1 is 1.26 bits per heavy atom. The zero-order valence-electron chi connectivity index (χ0n) is 12.2. The summed E-state index contributed by atoms with van der Waals surface area (Å²) >= 11 is 0. The van der Waals surface area contributed by atoms with Crippen molar-refractivity contribution in [2.75, 3.05) is 16.8 Å². The number of nitrogens with zero attached hydrogens (tertiary/aromatic N) is 2. The van der Waals surface area contributed by atoms with Crippen molar-refractivity contribution in [3.63, 3.8) is 0 Å². The summed E-state index contributed by atoms with van der Waals surface area (Å²) < 4.78 is 13.8. The van der Waals surface area contributed by atoms with Crippen LogP contribution < -0.4 is 15.5 Å². The second-order valence-electron chi connectivity index (χ2n) is 5.12. The second-order valence-corrected chi connectivity index (χ2v) is 5.12. The number of nitrogens with one attached hydrogen (secondary N) is 2. The number of aromatic nitrogens is 1. The molecule has 0 spiro atoms. The van der Waals surface area contributed by atoms with Gasteiger partial charge in [0.05, 0.1) is 17.6 Å². The number of amides is 3. The van der Waals surface area contributed by atoms with Gasteiger partial charge in [0.2, 0.25) is 5.91 Å². The molecule has 118 valence electrons. The molecule has 1 aromatic heterocycles. The summed E-state index contributed by atoms with van der Waals surface area (Å²) in [6, 6.07) is 8.30. The van der Waals surface area contributed by atoms with Crippen LogP contribution in [0.15, 0.2) is 48.8 Å². The fraction of sp³-hybridized carbons (Fsp3) is 0.188. The molecule has 1 atom stereocenters. The molecule has 2 heterocycles. The highest BCUT2D eigenvalue weighted by molar-refractivity contribution is 6.02. The van der Waals surface area contributed by atoms with Crippen molar-refractivity contribution in [2.24, 2.45) is 0 Å². The van der Waals surface area contributed by atoms with E-state index in [1.807, 2.05) is 0 Å². The summed E-state index contributed by atoms with van der Waals surface area (Å²) in [5.74, 6) is -0.780. The first-order chi connectivity index (χ1) is 11.1. The fourth-order valence-corrected chi connectivity index (χ4v) is 2.49. The summed E-state index contributed by atoms with van der Waals surface area (Å²) in [5.41, 5.74) is 0.760. The minimum atomic E-state index is -0.675. The zero-order valence-corrected chi connectivity index (χ0v) is 12.2. The summed E-state index contributed by atoms with van der Waals surface area (Å²) in [4.78, 5) is 29.5. The third-order valence-electron chi connectivity index (χ3n) is 3.57. The summed E-state index contributed by atoms with van der Waals surface area (Å²) in [7, 11) is 0. The lowest BCUT2D eigenvalue weighted by atomic mass is 10.2. The van der Waals surface area contributed by atoms with Crippen molar-refractivity contribution in [3.8, 4) is 0 Å². The quantitative estimate of drug-likeness (QED) is 0.911. The number of halogens is 1. The molecule has 0 aliphatic carbocycles. The number of anilines is 2. The maximum absolute atomic E-state index is 13.8. The molecular weight excluding hydrogens is 299 g/mol. The Morgan fingerprint density at radius 2 is 2.09 bits per heavy atom. The van der Waals surface area contributed by atoms with Crippen LogP contribution in [-0.4, -0.2) is 29.5 Å². The van der Waals surface area contributed by atoms with Gasteiger partial charge >= 0.3 is 6.03 Å². The van der Waals surface area contributed by atoms with E-state index in [0.717, 1.165) is 0 Å². The number of hydrogen-bond acceptors (Lipinski definition) is 3. The summed E-state index contributed by atoms with van der Waals surface area (Å²) in [5, 5.41) is 5.20. The molecule has 1 aliphatic rings. The van der Waals surface area contributed by atoms with Gasteiger partial charge in [-0.2, -0.15) is 0 Å². The average molecular weight is 314 g/mol. The van der Waals surface area contributed by atoms with E-state index in [0.29, 0.717) is 18.7 Å². The summed E-state index contributed by atoms with van der Waals surface area (Å²) in [6.07, 6.45) is 3.52. The van der Waals surface area contributed by atoms with E-state index in [1.54, 1.807) is 36.5 Å². The van der Waals surface area contributed by atoms with Gasteiger partial charge in [-0.25, -0.2) is 9.18 Å². The maximum Gasteiger partial charge on any atom is 0.319 e. The third kappa shape index (κ3) is 3.28. The average Bonchev–Trinajstić information content (AvgIpc) is 2.90. The van der Waals surface area contributed by atoms with Crippen LogP contribution in [0.2, 0.25) is 0 Å². The van der Waals surface area contributed by atoms with Gasteiger partial charge in [-0.15, -0.1) is 0 Å². The van der Waals surface area contributed by atoms with Crippen LogP contribution in [-0.2, 0) is 4.79 Å². The zero-order chi connectivity index (χ0) is 16.2. The van der Waals surface area contributed by atoms with Crippen molar-refractivity contribution in [2.45, 2.75) is 12.5 Å². The van der Waals surface area contributed by atoms with Gasteiger partial charge in [-0.05, 0) is 30.7 Å². The SMILES string of the molecule is O=C(Nc1cccnc1)N[C@@H]1CCN(c2ccccc2F)C1=O. The van der Waals surface area contributed by atoms with Gasteiger partial charge in [0, 0.05) is 12.7 Å². The molecule has 1 saturated heterocycles. The van der Waals surface area contributed by atoms with E-state index >= 15 is 0 Å². The van der Waals surface area contributed by atoms with E-state index in [-0.39, 0.29) is 11.6 Å². The molecule has 7 heteroatoms. The molecule has 6 nitrogen and oxygen atoms in total. The molecular formula is C16H15FN4O2. The fourth-order valence-electron chi connectivity index (χ4n) is 2.49. The Balaban J connectivity index is 1.63. The number of pyridine rings is 1. The standard InChI is InChI=1S/C16H15FN4O2/c17-12-5-1-2-6-14(12)21-9-7-13(15(21)22)20-16(23)19-11-4-3-8-18-10-11/h1-6,8,10,13H,7,9H2,(H2,19,20,23)/t13-/m1/s1. The topological polar surface area (TPSA) is 74.3 Å². The number of rotatable bonds is 3. The molecule has 23 heavy (non-hydrogen) atoms. The van der Waals surface area contributed by atoms with Crippen LogP contribution >= 0.6 is 0 Å². The number of hydrogen-bond donors (Lipinski definition) is 2. The smallest absolute Gasteiger partial charge is 0.319 e. The van der Waals surface area contributed by atoms with Crippen molar-refractivity contribution >= 4 is 23.3 Å². The van der Waals surface area contributed by atoms with Gasteiger partial charge in [0.15, 0.2) is 0 Å². The minimum Gasteiger partial charge on any atom is -0.326 e. The van der Waals surface area contributed by atoms with Crippen LogP contribution in [0.5, 0.6) is 0 Å². The lowest BCUT2D eigenvalue weighted by molar-refractivity contribution is -0.118. The third-order valence-corrected chi connectivity index (χ3v) is 3.57. The molecule has 1 fully saturated rings. The normalized spacial score (nSPS) is 17.2. The molecule has 2 aromatic rings. The van der Waals surface area contributed by atoms with Gasteiger partial charge in [-0.1, -0.05) is 12.1 Å². The lowest BCUT2D eigenvalue weighted by Crippen LogP contribution is -2.43. The van der Waals surface area contributed by atoms with Crippen LogP contribution in [0.25, 0.3) is 0 Å². The number of carbonyl (C=O) groups excluding carboxylic acids is 2. The van der Waals surface area contributed by atoms with E-state index in [2.05, 4.69) is 15.6 Å². The van der Waals surface area contributed by atoms with Crippen molar-refractivity contribution in [1.82, 2.24) is 10.3 Å². The Bertz CT molecular complexity index is 723. The first kappa shape index (κ1) is 15.0. The summed E-state index contributed by atoms with van der Waals surface area (Å²) in [6.45, 7) is 0.359. The number of para-hydroxylation sites is 1. The van der Waals surface area contributed by atoms with Gasteiger partial charge < -0.3 is 15.5 Å². The molecule has 3 amide bonds. The van der Waals surface area contributed by atoms with E-state index in [9.17, 15) is 14.0 Å². The molecule has 3 rings (SSSR count). The van der Waals surface area contributed by atoms with E-state index in [4.69, 9.17) is 0 Å². The van der Waals surface area contributed by atoms with Crippen LogP contribution in [0, 0.1) is 5.82 Å². The largest absolute Gasteiger partial charge is 0.326 e. The first-order valence-electron chi connectivity index (χ1n) is 7.18.